The van der Waals surface area contributed by atoms with Crippen molar-refractivity contribution < 1.29 is 4.74 Å². The Kier molecular flexibility index (Phi) is 13.0. The summed E-state index contributed by atoms with van der Waals surface area (Å²) in [5.74, 6) is 0.562. The van der Waals surface area contributed by atoms with Crippen molar-refractivity contribution in [1.29, 1.82) is 0 Å². The lowest BCUT2D eigenvalue weighted by atomic mass is 9.91. The molecule has 0 unspecified atom stereocenters. The second kappa shape index (κ2) is 15.4. The average Bonchev–Trinajstić information content (AvgIpc) is 3.27. The topological polar surface area (TPSA) is 47.0 Å². The van der Waals surface area contributed by atoms with Gasteiger partial charge in [0.05, 0.1) is 18.0 Å². The molecule has 1 aromatic carbocycles. The minimum Gasteiger partial charge on any atom is -0.380 e. The third kappa shape index (κ3) is 9.35. The highest BCUT2D eigenvalue weighted by Crippen LogP contribution is 2.28. The predicted octanol–water partition coefficient (Wildman–Crippen LogP) is 6.51. The van der Waals surface area contributed by atoms with Gasteiger partial charge in [0.1, 0.15) is 0 Å². The minimum absolute atomic E-state index is 0. The number of aryl methyl sites for hydroxylation is 4. The van der Waals surface area contributed by atoms with Crippen LogP contribution in [-0.2, 0) is 17.6 Å². The zero-order chi connectivity index (χ0) is 22.6. The molecule has 1 N–H and O–H groups in total. The van der Waals surface area contributed by atoms with Gasteiger partial charge in [0.25, 0.3) is 0 Å². The number of hydrogen-bond donors (Lipinski definition) is 1. The van der Waals surface area contributed by atoms with Crippen LogP contribution in [0, 0.1) is 13.8 Å². The second-order valence-corrected chi connectivity index (χ2v) is 9.49. The molecular formula is C28H44ClN3O. The van der Waals surface area contributed by atoms with Crippen molar-refractivity contribution in [2.45, 2.75) is 96.9 Å². The van der Waals surface area contributed by atoms with Crippen LogP contribution in [0.5, 0.6) is 0 Å². The molecule has 1 aliphatic rings. The molecule has 5 heteroatoms. The Balaban J connectivity index is 0.00000385. The lowest BCUT2D eigenvalue weighted by molar-refractivity contribution is 0.110. The molecule has 184 valence electrons. The van der Waals surface area contributed by atoms with Crippen LogP contribution in [0.3, 0.4) is 0 Å². The highest BCUT2D eigenvalue weighted by atomic mass is 35.5. The summed E-state index contributed by atoms with van der Waals surface area (Å²) in [6.07, 6.45) is 12.6. The van der Waals surface area contributed by atoms with Gasteiger partial charge >= 0.3 is 0 Å². The normalized spacial score (nSPS) is 17.8. The number of unbranched alkanes of at least 4 members (excludes halogenated alkanes) is 5. The first-order valence-corrected chi connectivity index (χ1v) is 12.9. The molecule has 1 saturated heterocycles. The van der Waals surface area contributed by atoms with Crippen molar-refractivity contribution in [2.24, 2.45) is 0 Å². The van der Waals surface area contributed by atoms with E-state index in [0.29, 0.717) is 12.0 Å². The van der Waals surface area contributed by atoms with Gasteiger partial charge in [-0.2, -0.15) is 10.2 Å². The third-order valence-electron chi connectivity index (χ3n) is 6.81. The van der Waals surface area contributed by atoms with Gasteiger partial charge in [0, 0.05) is 18.6 Å². The maximum Gasteiger partial charge on any atom is 0.0632 e. The van der Waals surface area contributed by atoms with Crippen LogP contribution in [0.4, 0.5) is 0 Å². The molecule has 2 atom stereocenters. The van der Waals surface area contributed by atoms with E-state index in [1.165, 1.54) is 68.1 Å². The summed E-state index contributed by atoms with van der Waals surface area (Å²) in [6.45, 7) is 8.98. The number of nitrogens with one attached hydrogen (secondary N) is 1. The number of nitrogens with zero attached hydrogens (tertiary/aromatic N) is 2. The van der Waals surface area contributed by atoms with Crippen molar-refractivity contribution in [2.75, 3.05) is 19.8 Å². The maximum absolute atomic E-state index is 6.08. The second-order valence-electron chi connectivity index (χ2n) is 9.49. The lowest BCUT2D eigenvalue weighted by Gasteiger charge is -2.20. The Bertz CT molecular complexity index is 796. The van der Waals surface area contributed by atoms with Crippen LogP contribution < -0.4 is 5.32 Å². The molecule has 2 heterocycles. The number of aromatic nitrogens is 2. The van der Waals surface area contributed by atoms with E-state index in [9.17, 15) is 0 Å². The zero-order valence-corrected chi connectivity index (χ0v) is 21.8. The van der Waals surface area contributed by atoms with E-state index in [0.717, 1.165) is 44.0 Å². The highest BCUT2D eigenvalue weighted by Gasteiger charge is 2.28. The van der Waals surface area contributed by atoms with Gasteiger partial charge < -0.3 is 10.1 Å². The highest BCUT2D eigenvalue weighted by molar-refractivity contribution is 5.85. The Morgan fingerprint density at radius 3 is 2.48 bits per heavy atom. The van der Waals surface area contributed by atoms with Crippen LogP contribution >= 0.6 is 12.4 Å². The van der Waals surface area contributed by atoms with Gasteiger partial charge in [-0.25, -0.2) is 0 Å². The molecule has 0 aliphatic carbocycles. The van der Waals surface area contributed by atoms with Crippen molar-refractivity contribution in [3.05, 3.63) is 58.4 Å². The minimum atomic E-state index is 0. The molecule has 0 bridgehead atoms. The van der Waals surface area contributed by atoms with Gasteiger partial charge in [0.2, 0.25) is 0 Å². The van der Waals surface area contributed by atoms with Gasteiger partial charge in [0.15, 0.2) is 0 Å². The molecule has 0 amide bonds. The molecule has 1 aliphatic heterocycles. The Labute approximate surface area is 207 Å². The fraction of sp³-hybridized carbons (Fsp3) is 0.643. The van der Waals surface area contributed by atoms with E-state index in [-0.39, 0.29) is 12.4 Å². The molecule has 0 radical (unpaired) electrons. The van der Waals surface area contributed by atoms with Gasteiger partial charge in [-0.05, 0) is 75.3 Å². The van der Waals surface area contributed by atoms with Crippen LogP contribution in [0.1, 0.15) is 92.3 Å². The molecule has 4 nitrogen and oxygen atoms in total. The summed E-state index contributed by atoms with van der Waals surface area (Å²) in [7, 11) is 0. The number of benzene rings is 1. The summed E-state index contributed by atoms with van der Waals surface area (Å²) in [6, 6.07) is 12.0. The molecule has 3 rings (SSSR count). The summed E-state index contributed by atoms with van der Waals surface area (Å²) >= 11 is 0. The first kappa shape index (κ1) is 27.8. The number of rotatable bonds is 14. The maximum atomic E-state index is 6.08. The SMILES string of the molecule is CCCCCCCCc1ccc([C@H]2CCN[C@@H]2COCCCc2cc(C)nnc2C)cc1.Cl. The first-order chi connectivity index (χ1) is 15.7. The Morgan fingerprint density at radius 2 is 1.70 bits per heavy atom. The Morgan fingerprint density at radius 1 is 0.939 bits per heavy atom. The van der Waals surface area contributed by atoms with E-state index >= 15 is 0 Å². The Hall–Kier alpha value is -1.49. The quantitative estimate of drug-likeness (QED) is 0.317. The lowest BCUT2D eigenvalue weighted by Crippen LogP contribution is -2.31. The zero-order valence-electron chi connectivity index (χ0n) is 20.9. The average molecular weight is 474 g/mol. The van der Waals surface area contributed by atoms with Gasteiger partial charge in [-0.1, -0.05) is 63.3 Å². The molecule has 0 saturated carbocycles. The molecule has 2 aromatic rings. The smallest absolute Gasteiger partial charge is 0.0632 e. The van der Waals surface area contributed by atoms with Crippen molar-refractivity contribution >= 4 is 12.4 Å². The number of hydrogen-bond acceptors (Lipinski definition) is 4. The van der Waals surface area contributed by atoms with Crippen LogP contribution in [0.2, 0.25) is 0 Å². The molecule has 0 spiro atoms. The van der Waals surface area contributed by atoms with E-state index in [4.69, 9.17) is 4.74 Å². The van der Waals surface area contributed by atoms with Crippen LogP contribution in [0.15, 0.2) is 30.3 Å². The fourth-order valence-corrected chi connectivity index (χ4v) is 4.81. The van der Waals surface area contributed by atoms with Gasteiger partial charge in [-0.15, -0.1) is 12.4 Å². The molecular weight excluding hydrogens is 430 g/mol. The number of ether oxygens (including phenoxy) is 1. The third-order valence-corrected chi connectivity index (χ3v) is 6.81. The molecule has 33 heavy (non-hydrogen) atoms. The van der Waals surface area contributed by atoms with Crippen LogP contribution in [0.25, 0.3) is 0 Å². The molecule has 1 aromatic heterocycles. The summed E-state index contributed by atoms with van der Waals surface area (Å²) < 4.78 is 6.08. The monoisotopic (exact) mass is 473 g/mol. The van der Waals surface area contributed by atoms with E-state index in [2.05, 4.69) is 52.8 Å². The van der Waals surface area contributed by atoms with Crippen molar-refractivity contribution in [1.82, 2.24) is 15.5 Å². The summed E-state index contributed by atoms with van der Waals surface area (Å²) in [4.78, 5) is 0. The standard InChI is InChI=1S/C28H43N3O.ClH/c1-4-5-6-7-8-9-11-24-13-15-25(16-14-24)27-17-18-29-28(27)21-32-19-10-12-26-20-22(2)30-31-23(26)3;/h13-16,20,27-29H,4-12,17-19,21H2,1-3H3;1H/t27-,28-;/m1./s1. The van der Waals surface area contributed by atoms with Crippen molar-refractivity contribution in [3.63, 3.8) is 0 Å². The summed E-state index contributed by atoms with van der Waals surface area (Å²) in [5.41, 5.74) is 6.26. The number of halogens is 1. The largest absolute Gasteiger partial charge is 0.380 e. The first-order valence-electron chi connectivity index (χ1n) is 12.9. The fourth-order valence-electron chi connectivity index (χ4n) is 4.81. The van der Waals surface area contributed by atoms with Gasteiger partial charge in [-0.3, -0.25) is 0 Å². The van der Waals surface area contributed by atoms with E-state index in [1.807, 2.05) is 13.8 Å². The predicted molar refractivity (Wildman–Crippen MR) is 141 cm³/mol. The molecule has 1 fully saturated rings. The van der Waals surface area contributed by atoms with E-state index in [1.54, 1.807) is 0 Å². The van der Waals surface area contributed by atoms with E-state index < -0.39 is 0 Å². The van der Waals surface area contributed by atoms with Crippen LogP contribution in [-0.4, -0.2) is 36.0 Å². The van der Waals surface area contributed by atoms with Crippen molar-refractivity contribution in [3.8, 4) is 0 Å². The summed E-state index contributed by atoms with van der Waals surface area (Å²) in [5, 5.41) is 12.0.